The predicted molar refractivity (Wildman–Crippen MR) is 66.8 cm³/mol. The second-order valence-corrected chi connectivity index (χ2v) is 5.47. The lowest BCUT2D eigenvalue weighted by atomic mass is 10.1. The van der Waals surface area contributed by atoms with Crippen LogP contribution in [0.1, 0.15) is 43.1 Å². The van der Waals surface area contributed by atoms with Crippen LogP contribution in [0.4, 0.5) is 4.39 Å². The standard InChI is InChI=1S/C13H17FOS/c1-5-9(3)16-13-6-8(2)12(14)7-11(13)10(4)15/h6-7,9H,5H2,1-4H3. The molecule has 0 aliphatic heterocycles. The molecule has 0 bridgehead atoms. The molecule has 88 valence electrons. The van der Waals surface area contributed by atoms with Gasteiger partial charge in [-0.25, -0.2) is 4.39 Å². The van der Waals surface area contributed by atoms with Gasteiger partial charge in [0, 0.05) is 15.7 Å². The number of hydrogen-bond donors (Lipinski definition) is 0. The Balaban J connectivity index is 3.14. The van der Waals surface area contributed by atoms with Gasteiger partial charge in [-0.1, -0.05) is 13.8 Å². The van der Waals surface area contributed by atoms with Gasteiger partial charge >= 0.3 is 0 Å². The van der Waals surface area contributed by atoms with E-state index in [2.05, 4.69) is 13.8 Å². The summed E-state index contributed by atoms with van der Waals surface area (Å²) < 4.78 is 13.4. The number of Topliss-reactive ketones (excluding diaryl/α,β-unsaturated/α-hetero) is 1. The summed E-state index contributed by atoms with van der Waals surface area (Å²) >= 11 is 1.63. The predicted octanol–water partition coefficient (Wildman–Crippen LogP) is 4.23. The quantitative estimate of drug-likeness (QED) is 0.578. The molecule has 16 heavy (non-hydrogen) atoms. The van der Waals surface area contributed by atoms with Crippen LogP contribution in [0.3, 0.4) is 0 Å². The molecule has 0 aliphatic rings. The fourth-order valence-corrected chi connectivity index (χ4v) is 2.50. The number of ketones is 1. The van der Waals surface area contributed by atoms with Crippen LogP contribution in [0.5, 0.6) is 0 Å². The highest BCUT2D eigenvalue weighted by molar-refractivity contribution is 8.00. The SMILES string of the molecule is CCC(C)Sc1cc(C)c(F)cc1C(C)=O. The Morgan fingerprint density at radius 1 is 1.50 bits per heavy atom. The molecular formula is C13H17FOS. The van der Waals surface area contributed by atoms with Crippen LogP contribution in [0.25, 0.3) is 0 Å². The molecule has 0 aliphatic carbocycles. The number of thioether (sulfide) groups is 1. The van der Waals surface area contributed by atoms with E-state index >= 15 is 0 Å². The van der Waals surface area contributed by atoms with Crippen LogP contribution in [-0.4, -0.2) is 11.0 Å². The first-order chi connectivity index (χ1) is 7.45. The van der Waals surface area contributed by atoms with Crippen molar-refractivity contribution in [2.45, 2.75) is 44.3 Å². The highest BCUT2D eigenvalue weighted by Gasteiger charge is 2.13. The molecule has 3 heteroatoms. The maximum absolute atomic E-state index is 13.4. The first-order valence-corrected chi connectivity index (χ1v) is 6.31. The zero-order chi connectivity index (χ0) is 12.3. The molecule has 1 atom stereocenters. The molecule has 0 N–H and O–H groups in total. The van der Waals surface area contributed by atoms with Gasteiger partial charge in [0.2, 0.25) is 0 Å². The van der Waals surface area contributed by atoms with Crippen molar-refractivity contribution in [2.75, 3.05) is 0 Å². The second kappa shape index (κ2) is 5.48. The van der Waals surface area contributed by atoms with Crippen molar-refractivity contribution in [1.82, 2.24) is 0 Å². The molecule has 1 unspecified atom stereocenters. The Labute approximate surface area is 100 Å². The molecule has 1 rings (SSSR count). The average molecular weight is 240 g/mol. The van der Waals surface area contributed by atoms with Gasteiger partial charge in [0.1, 0.15) is 5.82 Å². The number of carbonyl (C=O) groups is 1. The number of halogens is 1. The van der Waals surface area contributed by atoms with Gasteiger partial charge in [0.25, 0.3) is 0 Å². The number of carbonyl (C=O) groups excluding carboxylic acids is 1. The van der Waals surface area contributed by atoms with Crippen LogP contribution in [0.2, 0.25) is 0 Å². The molecular weight excluding hydrogens is 223 g/mol. The zero-order valence-corrected chi connectivity index (χ0v) is 11.0. The van der Waals surface area contributed by atoms with E-state index in [0.29, 0.717) is 16.4 Å². The van der Waals surface area contributed by atoms with Gasteiger partial charge < -0.3 is 0 Å². The van der Waals surface area contributed by atoms with E-state index in [1.807, 2.05) is 0 Å². The van der Waals surface area contributed by atoms with Gasteiger partial charge in [-0.2, -0.15) is 0 Å². The third-order valence-electron chi connectivity index (χ3n) is 2.54. The molecule has 0 saturated carbocycles. The molecule has 0 saturated heterocycles. The van der Waals surface area contributed by atoms with Crippen LogP contribution in [0, 0.1) is 12.7 Å². The van der Waals surface area contributed by atoms with Crippen molar-refractivity contribution in [3.05, 3.63) is 29.1 Å². The third-order valence-corrected chi connectivity index (χ3v) is 3.87. The van der Waals surface area contributed by atoms with Crippen molar-refractivity contribution in [1.29, 1.82) is 0 Å². The molecule has 0 radical (unpaired) electrons. The summed E-state index contributed by atoms with van der Waals surface area (Å²) in [5.41, 5.74) is 1.09. The molecule has 1 aromatic carbocycles. The molecule has 0 aromatic heterocycles. The summed E-state index contributed by atoms with van der Waals surface area (Å²) in [5, 5.41) is 0.433. The first-order valence-electron chi connectivity index (χ1n) is 5.43. The molecule has 1 nitrogen and oxygen atoms in total. The normalized spacial score (nSPS) is 12.6. The van der Waals surface area contributed by atoms with Crippen molar-refractivity contribution in [2.24, 2.45) is 0 Å². The van der Waals surface area contributed by atoms with Crippen LogP contribution in [-0.2, 0) is 0 Å². The molecule has 0 fully saturated rings. The van der Waals surface area contributed by atoms with Crippen molar-refractivity contribution < 1.29 is 9.18 Å². The van der Waals surface area contributed by atoms with E-state index in [-0.39, 0.29) is 11.6 Å². The van der Waals surface area contributed by atoms with Crippen LogP contribution < -0.4 is 0 Å². The molecule has 0 amide bonds. The minimum Gasteiger partial charge on any atom is -0.294 e. The second-order valence-electron chi connectivity index (χ2n) is 3.99. The Bertz CT molecular complexity index is 401. The fourth-order valence-electron chi connectivity index (χ4n) is 1.33. The summed E-state index contributed by atoms with van der Waals surface area (Å²) in [6, 6.07) is 3.12. The smallest absolute Gasteiger partial charge is 0.161 e. The number of rotatable bonds is 4. The Hall–Kier alpha value is -0.830. The zero-order valence-electron chi connectivity index (χ0n) is 10.1. The minimum atomic E-state index is -0.307. The molecule has 0 heterocycles. The summed E-state index contributed by atoms with van der Waals surface area (Å²) in [5.74, 6) is -0.386. The molecule has 0 spiro atoms. The summed E-state index contributed by atoms with van der Waals surface area (Å²) in [4.78, 5) is 12.3. The number of aryl methyl sites for hydroxylation is 1. The topological polar surface area (TPSA) is 17.1 Å². The summed E-state index contributed by atoms with van der Waals surface area (Å²) in [6.07, 6.45) is 1.03. The van der Waals surface area contributed by atoms with E-state index in [0.717, 1.165) is 11.3 Å². The lowest BCUT2D eigenvalue weighted by Crippen LogP contribution is -2.01. The Morgan fingerprint density at radius 3 is 2.62 bits per heavy atom. The van der Waals surface area contributed by atoms with E-state index in [9.17, 15) is 9.18 Å². The fraction of sp³-hybridized carbons (Fsp3) is 0.462. The van der Waals surface area contributed by atoms with Gasteiger partial charge in [0.15, 0.2) is 5.78 Å². The summed E-state index contributed by atoms with van der Waals surface area (Å²) in [6.45, 7) is 7.40. The third kappa shape index (κ3) is 3.08. The lowest BCUT2D eigenvalue weighted by Gasteiger charge is -2.12. The van der Waals surface area contributed by atoms with Gasteiger partial charge in [-0.05, 0) is 38.0 Å². The number of hydrogen-bond acceptors (Lipinski definition) is 2. The number of benzene rings is 1. The molecule has 1 aromatic rings. The Morgan fingerprint density at radius 2 is 2.12 bits per heavy atom. The van der Waals surface area contributed by atoms with E-state index in [4.69, 9.17) is 0 Å². The maximum Gasteiger partial charge on any atom is 0.161 e. The summed E-state index contributed by atoms with van der Waals surface area (Å²) in [7, 11) is 0. The van der Waals surface area contributed by atoms with Crippen LogP contribution in [0.15, 0.2) is 17.0 Å². The highest BCUT2D eigenvalue weighted by atomic mass is 32.2. The van der Waals surface area contributed by atoms with Crippen molar-refractivity contribution in [3.8, 4) is 0 Å². The van der Waals surface area contributed by atoms with Gasteiger partial charge in [0.05, 0.1) is 0 Å². The van der Waals surface area contributed by atoms with E-state index < -0.39 is 0 Å². The maximum atomic E-state index is 13.4. The monoisotopic (exact) mass is 240 g/mol. The van der Waals surface area contributed by atoms with Crippen LogP contribution >= 0.6 is 11.8 Å². The average Bonchev–Trinajstić information content (AvgIpc) is 2.22. The largest absolute Gasteiger partial charge is 0.294 e. The van der Waals surface area contributed by atoms with E-state index in [1.54, 1.807) is 24.8 Å². The Kier molecular flexibility index (Phi) is 4.54. The van der Waals surface area contributed by atoms with Crippen molar-refractivity contribution in [3.63, 3.8) is 0 Å². The lowest BCUT2D eigenvalue weighted by molar-refractivity contribution is 0.101. The minimum absolute atomic E-state index is 0.0790. The van der Waals surface area contributed by atoms with Crippen molar-refractivity contribution >= 4 is 17.5 Å². The van der Waals surface area contributed by atoms with E-state index in [1.165, 1.54) is 13.0 Å². The highest BCUT2D eigenvalue weighted by Crippen LogP contribution is 2.30. The van der Waals surface area contributed by atoms with Gasteiger partial charge in [-0.15, -0.1) is 11.8 Å². The first kappa shape index (κ1) is 13.2. The van der Waals surface area contributed by atoms with Gasteiger partial charge in [-0.3, -0.25) is 4.79 Å².